The van der Waals surface area contributed by atoms with E-state index < -0.39 is 30.7 Å². The van der Waals surface area contributed by atoms with E-state index in [1.165, 1.54) is 0 Å². The minimum atomic E-state index is -0.565. The number of ether oxygens (including phenoxy) is 6. The highest BCUT2D eigenvalue weighted by molar-refractivity contribution is 5.87. The van der Waals surface area contributed by atoms with Gasteiger partial charge in [-0.2, -0.15) is 0 Å². The monoisotopic (exact) mass is 568 g/mol. The van der Waals surface area contributed by atoms with Crippen molar-refractivity contribution in [2.45, 2.75) is 54.4 Å². The number of rotatable bonds is 14. The molecule has 0 heterocycles. The molecule has 0 spiro atoms. The molecule has 2 aromatic rings. The fourth-order valence-corrected chi connectivity index (χ4v) is 3.51. The molecule has 2 rings (SSSR count). The molecule has 0 aliphatic heterocycles. The van der Waals surface area contributed by atoms with E-state index in [9.17, 15) is 19.2 Å². The highest BCUT2D eigenvalue weighted by atomic mass is 16.7. The molecular formula is C31H36O10. The molecule has 0 saturated heterocycles. The molecule has 0 aromatic heterocycles. The van der Waals surface area contributed by atoms with E-state index in [4.69, 9.17) is 28.4 Å². The summed E-state index contributed by atoms with van der Waals surface area (Å²) in [4.78, 5) is 47.7. The standard InChI is InChI=1S/C31H36O10/c1-18(2)30(34)40-15-36-26-11-9-24(20(5)22(26)7)13-28(32)38-17-39-29(33)14-25-10-12-27(23(8)21(25)6)37-16-41-31(35)19(3)4/h9-12H,1,3,13-17H2,2,4-8H3. The number of hydrogen-bond acceptors (Lipinski definition) is 10. The smallest absolute Gasteiger partial charge is 0.335 e. The van der Waals surface area contributed by atoms with E-state index >= 15 is 0 Å². The molecule has 2 aromatic carbocycles. The molecule has 0 amide bonds. The molecule has 220 valence electrons. The van der Waals surface area contributed by atoms with E-state index in [0.717, 1.165) is 22.3 Å². The van der Waals surface area contributed by atoms with Gasteiger partial charge >= 0.3 is 23.9 Å². The van der Waals surface area contributed by atoms with Crippen LogP contribution in [0, 0.1) is 27.7 Å². The SMILES string of the molecule is C=C(C)C(=O)OCOc1ccc(CC(=O)OCOC(=O)Cc2ccc(OCOC(=O)C(=C)C)c(C)c2C)c(C)c1C. The first kappa shape index (κ1) is 32.6. The predicted molar refractivity (Wildman–Crippen MR) is 149 cm³/mol. The van der Waals surface area contributed by atoms with Crippen LogP contribution >= 0.6 is 0 Å². The molecule has 0 N–H and O–H groups in total. The zero-order valence-corrected chi connectivity index (χ0v) is 24.3. The summed E-state index contributed by atoms with van der Waals surface area (Å²) in [7, 11) is 0. The fraction of sp³-hybridized carbons (Fsp3) is 0.355. The van der Waals surface area contributed by atoms with Gasteiger partial charge in [-0.05, 0) is 87.1 Å². The van der Waals surface area contributed by atoms with Crippen LogP contribution in [0.25, 0.3) is 0 Å². The summed E-state index contributed by atoms with van der Waals surface area (Å²) in [6.45, 7) is 16.4. The van der Waals surface area contributed by atoms with Gasteiger partial charge in [-0.15, -0.1) is 0 Å². The third-order valence-electron chi connectivity index (χ3n) is 6.31. The average Bonchev–Trinajstić information content (AvgIpc) is 2.91. The van der Waals surface area contributed by atoms with Gasteiger partial charge in [0.05, 0.1) is 12.8 Å². The first-order valence-corrected chi connectivity index (χ1v) is 12.7. The number of hydrogen-bond donors (Lipinski definition) is 0. The summed E-state index contributed by atoms with van der Waals surface area (Å²) in [6.07, 6.45) is -0.0623. The molecule has 0 bridgehead atoms. The molecule has 0 aliphatic carbocycles. The van der Waals surface area contributed by atoms with Gasteiger partial charge in [-0.1, -0.05) is 25.3 Å². The Morgan fingerprint density at radius 2 is 0.927 bits per heavy atom. The predicted octanol–water partition coefficient (Wildman–Crippen LogP) is 4.66. The van der Waals surface area contributed by atoms with E-state index in [-0.39, 0.29) is 37.6 Å². The molecule has 10 nitrogen and oxygen atoms in total. The summed E-state index contributed by atoms with van der Waals surface area (Å²) in [5.41, 5.74) is 5.16. The minimum Gasteiger partial charge on any atom is -0.457 e. The van der Waals surface area contributed by atoms with Crippen molar-refractivity contribution in [3.05, 3.63) is 82.0 Å². The Kier molecular flexibility index (Phi) is 12.1. The van der Waals surface area contributed by atoms with E-state index in [1.54, 1.807) is 38.1 Å². The summed E-state index contributed by atoms with van der Waals surface area (Å²) >= 11 is 0. The van der Waals surface area contributed by atoms with Crippen LogP contribution < -0.4 is 9.47 Å². The number of carbonyl (C=O) groups is 4. The van der Waals surface area contributed by atoms with Crippen molar-refractivity contribution < 1.29 is 47.6 Å². The van der Waals surface area contributed by atoms with Gasteiger partial charge in [-0.3, -0.25) is 9.59 Å². The van der Waals surface area contributed by atoms with Crippen molar-refractivity contribution in [1.82, 2.24) is 0 Å². The number of benzene rings is 2. The highest BCUT2D eigenvalue weighted by Crippen LogP contribution is 2.26. The Morgan fingerprint density at radius 3 is 1.27 bits per heavy atom. The molecule has 10 heteroatoms. The molecule has 41 heavy (non-hydrogen) atoms. The van der Waals surface area contributed by atoms with Crippen LogP contribution in [0.4, 0.5) is 0 Å². The summed E-state index contributed by atoms with van der Waals surface area (Å²) in [6, 6.07) is 6.78. The molecular weight excluding hydrogens is 532 g/mol. The van der Waals surface area contributed by atoms with Gasteiger partial charge in [0.15, 0.2) is 0 Å². The maximum Gasteiger partial charge on any atom is 0.335 e. The zero-order valence-electron chi connectivity index (χ0n) is 24.3. The maximum atomic E-state index is 12.4. The molecule has 0 radical (unpaired) electrons. The van der Waals surface area contributed by atoms with Crippen LogP contribution in [-0.2, 0) is 51.0 Å². The second kappa shape index (κ2) is 15.3. The van der Waals surface area contributed by atoms with Crippen LogP contribution in [0.5, 0.6) is 11.5 Å². The Bertz CT molecular complexity index is 1240. The summed E-state index contributed by atoms with van der Waals surface area (Å²) in [5, 5.41) is 0. The minimum absolute atomic E-state index is 0.0312. The van der Waals surface area contributed by atoms with Crippen LogP contribution in [0.2, 0.25) is 0 Å². The molecule has 0 fully saturated rings. The second-order valence-electron chi connectivity index (χ2n) is 9.40. The quantitative estimate of drug-likeness (QED) is 0.138. The molecule has 0 unspecified atom stereocenters. The van der Waals surface area contributed by atoms with Gasteiger partial charge in [0.1, 0.15) is 11.5 Å². The Balaban J connectivity index is 1.83. The van der Waals surface area contributed by atoms with Crippen LogP contribution in [0.1, 0.15) is 47.2 Å². The highest BCUT2D eigenvalue weighted by Gasteiger charge is 2.15. The lowest BCUT2D eigenvalue weighted by atomic mass is 10.00. The van der Waals surface area contributed by atoms with Crippen molar-refractivity contribution in [2.75, 3.05) is 20.4 Å². The van der Waals surface area contributed by atoms with Crippen molar-refractivity contribution in [3.8, 4) is 11.5 Å². The van der Waals surface area contributed by atoms with Crippen LogP contribution in [0.15, 0.2) is 48.6 Å². The largest absolute Gasteiger partial charge is 0.457 e. The zero-order chi connectivity index (χ0) is 30.7. The lowest BCUT2D eigenvalue weighted by molar-refractivity contribution is -0.166. The third kappa shape index (κ3) is 9.82. The first-order valence-electron chi connectivity index (χ1n) is 12.7. The number of carbonyl (C=O) groups excluding carboxylic acids is 4. The molecule has 0 saturated carbocycles. The summed E-state index contributed by atoms with van der Waals surface area (Å²) < 4.78 is 31.1. The average molecular weight is 569 g/mol. The lowest BCUT2D eigenvalue weighted by Crippen LogP contribution is -2.17. The van der Waals surface area contributed by atoms with E-state index in [2.05, 4.69) is 13.2 Å². The second-order valence-corrected chi connectivity index (χ2v) is 9.40. The van der Waals surface area contributed by atoms with E-state index in [0.29, 0.717) is 22.6 Å². The van der Waals surface area contributed by atoms with Gasteiger partial charge in [0.25, 0.3) is 0 Å². The van der Waals surface area contributed by atoms with Gasteiger partial charge in [0.2, 0.25) is 20.4 Å². The third-order valence-corrected chi connectivity index (χ3v) is 6.31. The normalized spacial score (nSPS) is 10.3. The van der Waals surface area contributed by atoms with Crippen molar-refractivity contribution >= 4 is 23.9 Å². The maximum absolute atomic E-state index is 12.4. The van der Waals surface area contributed by atoms with Crippen molar-refractivity contribution in [2.24, 2.45) is 0 Å². The lowest BCUT2D eigenvalue weighted by Gasteiger charge is -2.15. The number of esters is 4. The van der Waals surface area contributed by atoms with Crippen LogP contribution in [0.3, 0.4) is 0 Å². The Hall–Kier alpha value is -4.60. The van der Waals surface area contributed by atoms with Gasteiger partial charge in [0, 0.05) is 11.1 Å². The Morgan fingerprint density at radius 1 is 0.561 bits per heavy atom. The molecule has 0 atom stereocenters. The fourth-order valence-electron chi connectivity index (χ4n) is 3.51. The summed E-state index contributed by atoms with van der Waals surface area (Å²) in [5.74, 6) is -1.20. The Labute approximate surface area is 239 Å². The van der Waals surface area contributed by atoms with Crippen molar-refractivity contribution in [3.63, 3.8) is 0 Å². The first-order chi connectivity index (χ1) is 19.3. The molecule has 0 aliphatic rings. The topological polar surface area (TPSA) is 124 Å². The van der Waals surface area contributed by atoms with Crippen molar-refractivity contribution in [1.29, 1.82) is 0 Å². The van der Waals surface area contributed by atoms with E-state index in [1.807, 2.05) is 27.7 Å². The van der Waals surface area contributed by atoms with Gasteiger partial charge < -0.3 is 28.4 Å². The van der Waals surface area contributed by atoms with Crippen LogP contribution in [-0.4, -0.2) is 44.3 Å². The van der Waals surface area contributed by atoms with Gasteiger partial charge in [-0.25, -0.2) is 9.59 Å².